The van der Waals surface area contributed by atoms with Gasteiger partial charge in [-0.25, -0.2) is 0 Å². The molecule has 1 fully saturated rings. The van der Waals surface area contributed by atoms with E-state index in [0.29, 0.717) is 12.5 Å². The third-order valence-electron chi connectivity index (χ3n) is 2.94. The molecule has 1 rings (SSSR count). The van der Waals surface area contributed by atoms with E-state index in [1.165, 1.54) is 0 Å². The second-order valence-electron chi connectivity index (χ2n) is 3.47. The molecule has 0 heterocycles. The summed E-state index contributed by atoms with van der Waals surface area (Å²) in [6.07, 6.45) is 1.77. The van der Waals surface area contributed by atoms with Crippen molar-refractivity contribution in [2.24, 2.45) is 17.1 Å². The van der Waals surface area contributed by atoms with Crippen LogP contribution in [0.15, 0.2) is 0 Å². The van der Waals surface area contributed by atoms with E-state index >= 15 is 0 Å². The van der Waals surface area contributed by atoms with E-state index in [9.17, 15) is 5.11 Å². The molecule has 0 aromatic heterocycles. The zero-order chi connectivity index (χ0) is 7.78. The maximum Gasteiger partial charge on any atom is 0.0608 e. The molecule has 1 aliphatic carbocycles. The Kier molecular flexibility index (Phi) is 2.02. The van der Waals surface area contributed by atoms with Crippen molar-refractivity contribution in [2.75, 3.05) is 6.54 Å². The van der Waals surface area contributed by atoms with Crippen molar-refractivity contribution in [1.29, 1.82) is 0 Å². The fourth-order valence-corrected chi connectivity index (χ4v) is 1.80. The van der Waals surface area contributed by atoms with E-state index in [2.05, 4.69) is 6.92 Å². The molecule has 2 heteroatoms. The molecule has 0 spiro atoms. The van der Waals surface area contributed by atoms with E-state index < -0.39 is 0 Å². The molecule has 0 bridgehead atoms. The van der Waals surface area contributed by atoms with E-state index in [-0.39, 0.29) is 11.5 Å². The van der Waals surface area contributed by atoms with Gasteiger partial charge in [0.1, 0.15) is 0 Å². The first kappa shape index (κ1) is 8.02. The van der Waals surface area contributed by atoms with Gasteiger partial charge in [-0.15, -0.1) is 0 Å². The number of hydrogen-bond donors (Lipinski definition) is 2. The van der Waals surface area contributed by atoms with Crippen LogP contribution in [0.2, 0.25) is 0 Å². The first-order valence-electron chi connectivity index (χ1n) is 4.05. The van der Waals surface area contributed by atoms with Crippen LogP contribution in [0.3, 0.4) is 0 Å². The highest BCUT2D eigenvalue weighted by molar-refractivity contribution is 5.04. The maximum absolute atomic E-state index is 9.54. The molecule has 0 saturated heterocycles. The first-order valence-corrected chi connectivity index (χ1v) is 4.05. The van der Waals surface area contributed by atoms with Gasteiger partial charge in [0.25, 0.3) is 0 Å². The van der Waals surface area contributed by atoms with Crippen molar-refractivity contribution in [1.82, 2.24) is 0 Å². The topological polar surface area (TPSA) is 46.2 Å². The Bertz CT molecular complexity index is 122. The van der Waals surface area contributed by atoms with Crippen molar-refractivity contribution < 1.29 is 5.11 Å². The van der Waals surface area contributed by atoms with Gasteiger partial charge in [-0.1, -0.05) is 13.8 Å². The Morgan fingerprint density at radius 1 is 1.80 bits per heavy atom. The molecule has 2 nitrogen and oxygen atoms in total. The molecule has 0 unspecified atom stereocenters. The minimum absolute atomic E-state index is 0.0920. The largest absolute Gasteiger partial charge is 0.393 e. The highest BCUT2D eigenvalue weighted by Gasteiger charge is 2.54. The van der Waals surface area contributed by atoms with Crippen molar-refractivity contribution >= 4 is 0 Å². The molecule has 1 aliphatic rings. The monoisotopic (exact) mass is 143 g/mol. The summed E-state index contributed by atoms with van der Waals surface area (Å²) in [5, 5.41) is 9.54. The van der Waals surface area contributed by atoms with Crippen LogP contribution in [0.4, 0.5) is 0 Å². The van der Waals surface area contributed by atoms with Gasteiger partial charge in [0.2, 0.25) is 0 Å². The molecular formula is C8H17NO. The van der Waals surface area contributed by atoms with E-state index in [0.717, 1.165) is 12.8 Å². The summed E-state index contributed by atoms with van der Waals surface area (Å²) < 4.78 is 0. The van der Waals surface area contributed by atoms with Gasteiger partial charge < -0.3 is 10.8 Å². The molecule has 0 aromatic rings. The SMILES string of the molecule is CC[C@H](O)[C@@]1(CN)C[C@@H]1C. The van der Waals surface area contributed by atoms with E-state index in [1.807, 2.05) is 6.92 Å². The molecule has 3 N–H and O–H groups in total. The van der Waals surface area contributed by atoms with Gasteiger partial charge in [-0.05, 0) is 18.8 Å². The molecule has 0 aliphatic heterocycles. The van der Waals surface area contributed by atoms with Gasteiger partial charge in [0.15, 0.2) is 0 Å². The Hall–Kier alpha value is -0.0800. The molecule has 0 amide bonds. The number of nitrogens with two attached hydrogens (primary N) is 1. The Morgan fingerprint density at radius 3 is 2.40 bits per heavy atom. The van der Waals surface area contributed by atoms with Crippen LogP contribution in [0.5, 0.6) is 0 Å². The third-order valence-corrected chi connectivity index (χ3v) is 2.94. The summed E-state index contributed by atoms with van der Waals surface area (Å²) in [6.45, 7) is 4.81. The summed E-state index contributed by atoms with van der Waals surface area (Å²) in [4.78, 5) is 0. The van der Waals surface area contributed by atoms with Crippen LogP contribution in [-0.2, 0) is 0 Å². The highest BCUT2D eigenvalue weighted by atomic mass is 16.3. The quantitative estimate of drug-likeness (QED) is 0.612. The van der Waals surface area contributed by atoms with Gasteiger partial charge in [-0.3, -0.25) is 0 Å². The fourth-order valence-electron chi connectivity index (χ4n) is 1.80. The minimum Gasteiger partial charge on any atom is -0.393 e. The van der Waals surface area contributed by atoms with Crippen LogP contribution in [0.25, 0.3) is 0 Å². The molecular weight excluding hydrogens is 126 g/mol. The number of rotatable bonds is 3. The lowest BCUT2D eigenvalue weighted by molar-refractivity contribution is 0.0852. The average molecular weight is 143 g/mol. The molecule has 10 heavy (non-hydrogen) atoms. The van der Waals surface area contributed by atoms with Crippen LogP contribution in [-0.4, -0.2) is 17.8 Å². The summed E-state index contributed by atoms with van der Waals surface area (Å²) >= 11 is 0. The van der Waals surface area contributed by atoms with Crippen molar-refractivity contribution in [2.45, 2.75) is 32.8 Å². The van der Waals surface area contributed by atoms with E-state index in [4.69, 9.17) is 5.73 Å². The van der Waals surface area contributed by atoms with Crippen molar-refractivity contribution in [3.05, 3.63) is 0 Å². The Labute approximate surface area is 62.4 Å². The predicted molar refractivity (Wildman–Crippen MR) is 41.6 cm³/mol. The molecule has 1 saturated carbocycles. The van der Waals surface area contributed by atoms with Crippen LogP contribution >= 0.6 is 0 Å². The standard InChI is InChI=1S/C8H17NO/c1-3-7(10)8(5-9)4-6(8)2/h6-7,10H,3-5,9H2,1-2H3/t6-,7-,8+/m0/s1. The van der Waals surface area contributed by atoms with Crippen molar-refractivity contribution in [3.63, 3.8) is 0 Å². The lowest BCUT2D eigenvalue weighted by Crippen LogP contribution is -2.30. The summed E-state index contributed by atoms with van der Waals surface area (Å²) in [5.41, 5.74) is 5.67. The lowest BCUT2D eigenvalue weighted by Gasteiger charge is -2.19. The summed E-state index contributed by atoms with van der Waals surface area (Å²) in [7, 11) is 0. The van der Waals surface area contributed by atoms with E-state index in [1.54, 1.807) is 0 Å². The highest BCUT2D eigenvalue weighted by Crippen LogP contribution is 2.54. The number of aliphatic hydroxyl groups is 1. The van der Waals surface area contributed by atoms with Crippen LogP contribution in [0, 0.1) is 11.3 Å². The van der Waals surface area contributed by atoms with Gasteiger partial charge in [0, 0.05) is 12.0 Å². The molecule has 3 atom stereocenters. The second-order valence-corrected chi connectivity index (χ2v) is 3.47. The average Bonchev–Trinajstić information content (AvgIpc) is 2.61. The van der Waals surface area contributed by atoms with Gasteiger partial charge in [0.05, 0.1) is 6.10 Å². The second kappa shape index (κ2) is 2.51. The smallest absolute Gasteiger partial charge is 0.0608 e. The minimum atomic E-state index is -0.174. The molecule has 0 radical (unpaired) electrons. The first-order chi connectivity index (χ1) is 4.67. The zero-order valence-corrected chi connectivity index (χ0v) is 6.80. The molecule has 0 aromatic carbocycles. The zero-order valence-electron chi connectivity index (χ0n) is 6.80. The van der Waals surface area contributed by atoms with Crippen molar-refractivity contribution in [3.8, 4) is 0 Å². The number of hydrogen-bond acceptors (Lipinski definition) is 2. The summed E-state index contributed by atoms with van der Waals surface area (Å²) in [5.74, 6) is 0.632. The maximum atomic E-state index is 9.54. The lowest BCUT2D eigenvalue weighted by atomic mass is 9.95. The Morgan fingerprint density at radius 2 is 2.30 bits per heavy atom. The normalized spacial score (nSPS) is 41.4. The Balaban J connectivity index is 2.51. The third kappa shape index (κ3) is 0.956. The summed E-state index contributed by atoms with van der Waals surface area (Å²) in [6, 6.07) is 0. The predicted octanol–water partition coefficient (Wildman–Crippen LogP) is 0.742. The van der Waals surface area contributed by atoms with Gasteiger partial charge >= 0.3 is 0 Å². The molecule has 60 valence electrons. The van der Waals surface area contributed by atoms with Crippen LogP contribution < -0.4 is 5.73 Å². The van der Waals surface area contributed by atoms with Gasteiger partial charge in [-0.2, -0.15) is 0 Å². The number of aliphatic hydroxyl groups excluding tert-OH is 1. The van der Waals surface area contributed by atoms with Crippen LogP contribution in [0.1, 0.15) is 26.7 Å². The fraction of sp³-hybridized carbons (Fsp3) is 1.00.